The van der Waals surface area contributed by atoms with E-state index < -0.39 is 11.9 Å². The highest BCUT2D eigenvalue weighted by atomic mass is 16.7. The molecule has 1 aromatic heterocycles. The predicted octanol–water partition coefficient (Wildman–Crippen LogP) is 2.57. The molecule has 0 spiro atoms. The van der Waals surface area contributed by atoms with Crippen molar-refractivity contribution in [2.24, 2.45) is 5.92 Å². The van der Waals surface area contributed by atoms with Crippen LogP contribution in [0.5, 0.6) is 0 Å². The van der Waals surface area contributed by atoms with Crippen LogP contribution in [-0.4, -0.2) is 79.5 Å². The summed E-state index contributed by atoms with van der Waals surface area (Å²) >= 11 is 0. The quantitative estimate of drug-likeness (QED) is 0.437. The summed E-state index contributed by atoms with van der Waals surface area (Å²) in [7, 11) is 3.40. The van der Waals surface area contributed by atoms with Crippen molar-refractivity contribution >= 4 is 23.5 Å². The molecular weight excluding hydrogens is 476 g/mol. The van der Waals surface area contributed by atoms with Gasteiger partial charge in [0.05, 0.1) is 29.5 Å². The third-order valence-corrected chi connectivity index (χ3v) is 8.45. The van der Waals surface area contributed by atoms with Gasteiger partial charge in [0.2, 0.25) is 11.8 Å². The second kappa shape index (κ2) is 11.0. The molecule has 0 bridgehead atoms. The van der Waals surface area contributed by atoms with Crippen molar-refractivity contribution in [3.8, 4) is 0 Å². The topological polar surface area (TPSA) is 110 Å². The summed E-state index contributed by atoms with van der Waals surface area (Å²) in [6.45, 7) is 3.60. The normalized spacial score (nSPS) is 29.1. The van der Waals surface area contributed by atoms with Gasteiger partial charge in [-0.25, -0.2) is 4.98 Å². The van der Waals surface area contributed by atoms with E-state index in [-0.39, 0.29) is 36.7 Å². The molecule has 1 aromatic rings. The number of anilines is 1. The van der Waals surface area contributed by atoms with Gasteiger partial charge < -0.3 is 24.0 Å². The Morgan fingerprint density at radius 3 is 2.27 bits per heavy atom. The minimum atomic E-state index is -0.643. The fourth-order valence-electron chi connectivity index (χ4n) is 6.42. The number of carbonyl (C=O) groups is 3. The highest BCUT2D eigenvalue weighted by Crippen LogP contribution is 2.37. The van der Waals surface area contributed by atoms with Gasteiger partial charge in [0, 0.05) is 39.6 Å². The van der Waals surface area contributed by atoms with Gasteiger partial charge in [0.25, 0.3) is 5.91 Å². The third kappa shape index (κ3) is 5.24. The number of fused-ring (bicyclic) bond motifs is 1. The molecule has 2 unspecified atom stereocenters. The molecule has 1 aliphatic carbocycles. The van der Waals surface area contributed by atoms with Crippen LogP contribution in [0.3, 0.4) is 0 Å². The smallest absolute Gasteiger partial charge is 0.257 e. The maximum atomic E-state index is 13.1. The van der Waals surface area contributed by atoms with Crippen molar-refractivity contribution in [3.63, 3.8) is 0 Å². The van der Waals surface area contributed by atoms with E-state index in [0.29, 0.717) is 29.7 Å². The largest absolute Gasteiger partial charge is 0.375 e. The number of carbonyl (C=O) groups excluding carboxylic acids is 3. The van der Waals surface area contributed by atoms with Gasteiger partial charge in [-0.3, -0.25) is 19.7 Å². The molecule has 0 aromatic carbocycles. The Morgan fingerprint density at radius 1 is 0.946 bits per heavy atom. The van der Waals surface area contributed by atoms with Gasteiger partial charge in [-0.05, 0) is 64.0 Å². The minimum Gasteiger partial charge on any atom is -0.375 e. The van der Waals surface area contributed by atoms with Crippen LogP contribution in [0.4, 0.5) is 5.82 Å². The monoisotopic (exact) mass is 514 g/mol. The number of methoxy groups -OCH3 is 2. The number of rotatable bonds is 7. The zero-order valence-electron chi connectivity index (χ0n) is 22.0. The number of piperidine rings is 2. The Kier molecular flexibility index (Phi) is 7.78. The number of imide groups is 1. The van der Waals surface area contributed by atoms with Crippen LogP contribution in [-0.2, 0) is 23.8 Å². The van der Waals surface area contributed by atoms with Crippen LogP contribution < -0.4 is 10.2 Å². The number of aromatic nitrogens is 1. The standard InChI is InChI=1S/C27H38N4O6/c1-16-24-20(26(34)31(16)21-9-11-23(32)29-25(21)33)8-10-22(28-24)30-14-12-19(13-15-30)37-18-6-4-17(5-7-18)27(35-2)36-3/h8,10,16-19,21,27H,4-7,9,11-15H2,1-3H3,(H,29,32,33). The molecule has 0 radical (unpaired) electrons. The van der Waals surface area contributed by atoms with Gasteiger partial charge in [-0.15, -0.1) is 0 Å². The van der Waals surface area contributed by atoms with Crippen LogP contribution in [0.15, 0.2) is 12.1 Å². The zero-order chi connectivity index (χ0) is 26.1. The van der Waals surface area contributed by atoms with Crippen molar-refractivity contribution in [2.45, 2.75) is 88.9 Å². The van der Waals surface area contributed by atoms with Crippen LogP contribution in [0.1, 0.15) is 80.4 Å². The molecule has 202 valence electrons. The van der Waals surface area contributed by atoms with Crippen molar-refractivity contribution < 1.29 is 28.6 Å². The summed E-state index contributed by atoms with van der Waals surface area (Å²) in [4.78, 5) is 45.8. The average Bonchev–Trinajstić information content (AvgIpc) is 3.15. The molecule has 4 heterocycles. The van der Waals surface area contributed by atoms with Crippen molar-refractivity contribution in [1.82, 2.24) is 15.2 Å². The van der Waals surface area contributed by atoms with E-state index in [4.69, 9.17) is 19.2 Å². The lowest BCUT2D eigenvalue weighted by molar-refractivity contribution is -0.153. The van der Waals surface area contributed by atoms with Crippen molar-refractivity contribution in [1.29, 1.82) is 0 Å². The summed E-state index contributed by atoms with van der Waals surface area (Å²) in [5, 5.41) is 2.36. The van der Waals surface area contributed by atoms with Gasteiger partial charge in [0.1, 0.15) is 11.9 Å². The Balaban J connectivity index is 1.15. The molecular formula is C27H38N4O6. The van der Waals surface area contributed by atoms with E-state index in [1.54, 1.807) is 19.1 Å². The minimum absolute atomic E-state index is 0.127. The predicted molar refractivity (Wildman–Crippen MR) is 135 cm³/mol. The average molecular weight is 515 g/mol. The molecule has 4 aliphatic rings. The zero-order valence-corrected chi connectivity index (χ0v) is 22.0. The fraction of sp³-hybridized carbons (Fsp3) is 0.704. The summed E-state index contributed by atoms with van der Waals surface area (Å²) in [6.07, 6.45) is 7.06. The summed E-state index contributed by atoms with van der Waals surface area (Å²) < 4.78 is 17.3. The molecule has 5 rings (SSSR count). The third-order valence-electron chi connectivity index (χ3n) is 8.45. The summed E-state index contributed by atoms with van der Waals surface area (Å²) in [5.74, 6) is 0.400. The molecule has 10 heteroatoms. The number of ether oxygens (including phenoxy) is 3. The maximum absolute atomic E-state index is 13.1. The lowest BCUT2D eigenvalue weighted by atomic mass is 9.86. The molecule has 10 nitrogen and oxygen atoms in total. The van der Waals surface area contributed by atoms with Gasteiger partial charge in [-0.1, -0.05) is 0 Å². The summed E-state index contributed by atoms with van der Waals surface area (Å²) in [6, 6.07) is 2.77. The first-order valence-electron chi connectivity index (χ1n) is 13.5. The van der Waals surface area contributed by atoms with Crippen LogP contribution in [0, 0.1) is 5.92 Å². The summed E-state index contributed by atoms with van der Waals surface area (Å²) in [5.41, 5.74) is 1.24. The Labute approximate surface area is 218 Å². The first kappa shape index (κ1) is 26.1. The SMILES string of the molecule is COC(OC)C1CCC(OC2CCN(c3ccc4c(n3)C(C)N(C3CCC(=O)NC3=O)C4=O)CC2)CC1. The number of nitrogens with one attached hydrogen (secondary N) is 1. The van der Waals surface area contributed by atoms with Crippen molar-refractivity contribution in [2.75, 3.05) is 32.2 Å². The maximum Gasteiger partial charge on any atom is 0.257 e. The van der Waals surface area contributed by atoms with E-state index in [2.05, 4.69) is 10.2 Å². The lowest BCUT2D eigenvalue weighted by Crippen LogP contribution is -2.53. The molecule has 3 amide bonds. The second-order valence-electron chi connectivity index (χ2n) is 10.7. The number of amides is 3. The van der Waals surface area contributed by atoms with Crippen LogP contribution >= 0.6 is 0 Å². The number of nitrogens with zero attached hydrogens (tertiary/aromatic N) is 3. The molecule has 2 atom stereocenters. The Bertz CT molecular complexity index is 1010. The van der Waals surface area contributed by atoms with Gasteiger partial charge in [-0.2, -0.15) is 0 Å². The Hall–Kier alpha value is -2.56. The number of hydrogen-bond acceptors (Lipinski definition) is 8. The first-order chi connectivity index (χ1) is 17.9. The second-order valence-corrected chi connectivity index (χ2v) is 10.7. The lowest BCUT2D eigenvalue weighted by Gasteiger charge is -2.37. The molecule has 2 saturated heterocycles. The molecule has 1 N–H and O–H groups in total. The van der Waals surface area contributed by atoms with Crippen LogP contribution in [0.25, 0.3) is 0 Å². The fourth-order valence-corrected chi connectivity index (χ4v) is 6.42. The highest BCUT2D eigenvalue weighted by molar-refractivity contribution is 6.05. The van der Waals surface area contributed by atoms with Crippen molar-refractivity contribution in [3.05, 3.63) is 23.4 Å². The van der Waals surface area contributed by atoms with E-state index in [1.165, 1.54) is 0 Å². The molecule has 37 heavy (non-hydrogen) atoms. The Morgan fingerprint density at radius 2 is 1.62 bits per heavy atom. The molecule has 1 saturated carbocycles. The van der Waals surface area contributed by atoms with Crippen LogP contribution in [0.2, 0.25) is 0 Å². The van der Waals surface area contributed by atoms with E-state index in [0.717, 1.165) is 57.4 Å². The highest BCUT2D eigenvalue weighted by Gasteiger charge is 2.44. The van der Waals surface area contributed by atoms with Gasteiger partial charge in [0.15, 0.2) is 6.29 Å². The van der Waals surface area contributed by atoms with E-state index in [9.17, 15) is 14.4 Å². The molecule has 3 aliphatic heterocycles. The van der Waals surface area contributed by atoms with E-state index >= 15 is 0 Å². The first-order valence-corrected chi connectivity index (χ1v) is 13.5. The number of pyridine rings is 1. The molecule has 3 fully saturated rings. The van der Waals surface area contributed by atoms with Gasteiger partial charge >= 0.3 is 0 Å². The number of hydrogen-bond donors (Lipinski definition) is 1. The van der Waals surface area contributed by atoms with E-state index in [1.807, 2.05) is 19.1 Å².